The number of allylic oxidation sites excluding steroid dienone is 1. The summed E-state index contributed by atoms with van der Waals surface area (Å²) in [5.41, 5.74) is 4.81. The molecule has 0 unspecified atom stereocenters. The van der Waals surface area contributed by atoms with Crippen LogP contribution in [0, 0.1) is 18.3 Å². The van der Waals surface area contributed by atoms with Gasteiger partial charge in [0, 0.05) is 22.1 Å². The minimum Gasteiger partial charge on any atom is -0.317 e. The van der Waals surface area contributed by atoms with E-state index in [1.807, 2.05) is 79.9 Å². The van der Waals surface area contributed by atoms with E-state index < -0.39 is 0 Å². The Balaban J connectivity index is 2.02. The van der Waals surface area contributed by atoms with E-state index >= 15 is 0 Å². The van der Waals surface area contributed by atoms with Crippen LogP contribution < -0.4 is 0 Å². The van der Waals surface area contributed by atoms with E-state index in [-0.39, 0.29) is 0 Å². The normalized spacial score (nSPS) is 11.3. The number of halogens is 1. The Morgan fingerprint density at radius 2 is 1.74 bits per heavy atom. The molecule has 0 atom stereocenters. The van der Waals surface area contributed by atoms with Crippen LogP contribution in [0.5, 0.6) is 0 Å². The molecule has 0 aliphatic rings. The number of rotatable bonds is 3. The van der Waals surface area contributed by atoms with Gasteiger partial charge in [0.1, 0.15) is 0 Å². The van der Waals surface area contributed by atoms with Crippen LogP contribution in [0.4, 0.5) is 0 Å². The molecule has 0 saturated heterocycles. The predicted molar refractivity (Wildman–Crippen MR) is 98.1 cm³/mol. The summed E-state index contributed by atoms with van der Waals surface area (Å²) in [6.45, 7) is 2.04. The fourth-order valence-electron chi connectivity index (χ4n) is 2.41. The summed E-state index contributed by atoms with van der Waals surface area (Å²) < 4.78 is 3.11. The molecule has 1 heterocycles. The number of aromatic nitrogens is 1. The molecule has 0 saturated carbocycles. The van der Waals surface area contributed by atoms with E-state index in [0.717, 1.165) is 21.4 Å². The molecule has 0 N–H and O–H groups in total. The minimum atomic E-state index is 0.655. The summed E-state index contributed by atoms with van der Waals surface area (Å²) in [6, 6.07) is 22.4. The van der Waals surface area contributed by atoms with Crippen LogP contribution in [-0.2, 0) is 0 Å². The van der Waals surface area contributed by atoms with Crippen molar-refractivity contribution in [2.75, 3.05) is 0 Å². The Kier molecular flexibility index (Phi) is 4.45. The van der Waals surface area contributed by atoms with Gasteiger partial charge in [0.05, 0.1) is 11.6 Å². The van der Waals surface area contributed by atoms with Gasteiger partial charge in [0.25, 0.3) is 0 Å². The molecule has 0 aliphatic carbocycles. The zero-order chi connectivity index (χ0) is 16.2. The summed E-state index contributed by atoms with van der Waals surface area (Å²) in [4.78, 5) is 0. The quantitative estimate of drug-likeness (QED) is 0.556. The number of nitriles is 1. The molecule has 0 amide bonds. The molecule has 0 spiro atoms. The molecule has 3 aromatic rings. The molecule has 3 rings (SSSR count). The van der Waals surface area contributed by atoms with Gasteiger partial charge in [-0.2, -0.15) is 5.26 Å². The molecule has 0 bridgehead atoms. The first-order chi connectivity index (χ1) is 11.2. The van der Waals surface area contributed by atoms with Crippen LogP contribution in [0.2, 0.25) is 0 Å². The van der Waals surface area contributed by atoms with Gasteiger partial charge in [-0.3, -0.25) is 0 Å². The average Bonchev–Trinajstić information content (AvgIpc) is 3.02. The van der Waals surface area contributed by atoms with Gasteiger partial charge in [0.15, 0.2) is 0 Å². The second-order valence-corrected chi connectivity index (χ2v) is 6.23. The highest BCUT2D eigenvalue weighted by molar-refractivity contribution is 9.10. The first kappa shape index (κ1) is 15.3. The van der Waals surface area contributed by atoms with Crippen LogP contribution >= 0.6 is 15.9 Å². The van der Waals surface area contributed by atoms with Gasteiger partial charge < -0.3 is 4.57 Å². The first-order valence-electron chi connectivity index (χ1n) is 7.29. The van der Waals surface area contributed by atoms with E-state index in [4.69, 9.17) is 0 Å². The third kappa shape index (κ3) is 3.44. The van der Waals surface area contributed by atoms with Crippen molar-refractivity contribution in [1.29, 1.82) is 5.26 Å². The van der Waals surface area contributed by atoms with Gasteiger partial charge in [-0.25, -0.2) is 0 Å². The summed E-state index contributed by atoms with van der Waals surface area (Å²) in [5.74, 6) is 0. The molecule has 0 fully saturated rings. The number of aryl methyl sites for hydroxylation is 1. The van der Waals surface area contributed by atoms with Crippen molar-refractivity contribution in [3.05, 3.63) is 88.2 Å². The highest BCUT2D eigenvalue weighted by Gasteiger charge is 2.05. The number of nitrogens with zero attached hydrogens (tertiary/aromatic N) is 2. The number of hydrogen-bond donors (Lipinski definition) is 0. The number of benzene rings is 2. The molecular formula is C20H15BrN2. The lowest BCUT2D eigenvalue weighted by Gasteiger charge is -2.07. The van der Waals surface area contributed by atoms with Gasteiger partial charge in [-0.15, -0.1) is 0 Å². The maximum absolute atomic E-state index is 9.51. The smallest absolute Gasteiger partial charge is 0.0998 e. The Morgan fingerprint density at radius 3 is 2.39 bits per heavy atom. The van der Waals surface area contributed by atoms with Crippen molar-refractivity contribution in [2.24, 2.45) is 0 Å². The zero-order valence-corrected chi connectivity index (χ0v) is 14.3. The lowest BCUT2D eigenvalue weighted by atomic mass is 10.0. The lowest BCUT2D eigenvalue weighted by molar-refractivity contribution is 1.06. The highest BCUT2D eigenvalue weighted by Crippen LogP contribution is 2.22. The topological polar surface area (TPSA) is 28.7 Å². The van der Waals surface area contributed by atoms with Gasteiger partial charge in [-0.1, -0.05) is 45.8 Å². The molecule has 23 heavy (non-hydrogen) atoms. The number of hydrogen-bond acceptors (Lipinski definition) is 1. The Hall–Kier alpha value is -2.57. The standard InChI is InChI=1S/C20H15BrN2/c1-15-4-6-16(7-5-15)17(14-22)13-20-3-2-12-23(20)19-10-8-18(21)9-11-19/h2-13H,1H3/b17-13-. The maximum Gasteiger partial charge on any atom is 0.0998 e. The van der Waals surface area contributed by atoms with Gasteiger partial charge >= 0.3 is 0 Å². The van der Waals surface area contributed by atoms with Crippen molar-refractivity contribution in [2.45, 2.75) is 6.92 Å². The van der Waals surface area contributed by atoms with Crippen molar-refractivity contribution in [3.8, 4) is 11.8 Å². The summed E-state index contributed by atoms with van der Waals surface area (Å²) in [5, 5.41) is 9.51. The fourth-order valence-corrected chi connectivity index (χ4v) is 2.67. The molecule has 0 radical (unpaired) electrons. The zero-order valence-electron chi connectivity index (χ0n) is 12.7. The Bertz CT molecular complexity index is 879. The van der Waals surface area contributed by atoms with Crippen LogP contribution in [-0.4, -0.2) is 4.57 Å². The van der Waals surface area contributed by atoms with Crippen molar-refractivity contribution < 1.29 is 0 Å². The maximum atomic E-state index is 9.51. The summed E-state index contributed by atoms with van der Waals surface area (Å²) in [6.07, 6.45) is 3.92. The minimum absolute atomic E-state index is 0.655. The Morgan fingerprint density at radius 1 is 1.04 bits per heavy atom. The van der Waals surface area contributed by atoms with Gasteiger partial charge in [0.2, 0.25) is 0 Å². The molecule has 0 aliphatic heterocycles. The SMILES string of the molecule is Cc1ccc(/C(C#N)=C\c2cccn2-c2ccc(Br)cc2)cc1. The highest BCUT2D eigenvalue weighted by atomic mass is 79.9. The Labute approximate surface area is 144 Å². The third-order valence-electron chi connectivity index (χ3n) is 3.66. The largest absolute Gasteiger partial charge is 0.317 e. The predicted octanol–water partition coefficient (Wildman–Crippen LogP) is 5.61. The average molecular weight is 363 g/mol. The van der Waals surface area contributed by atoms with Crippen molar-refractivity contribution >= 4 is 27.6 Å². The van der Waals surface area contributed by atoms with E-state index in [1.54, 1.807) is 0 Å². The van der Waals surface area contributed by atoms with Crippen LogP contribution in [0.25, 0.3) is 17.3 Å². The van der Waals surface area contributed by atoms with E-state index in [9.17, 15) is 5.26 Å². The monoisotopic (exact) mass is 362 g/mol. The molecule has 2 aromatic carbocycles. The third-order valence-corrected chi connectivity index (χ3v) is 4.19. The summed E-state index contributed by atoms with van der Waals surface area (Å²) in [7, 11) is 0. The molecule has 3 heteroatoms. The first-order valence-corrected chi connectivity index (χ1v) is 8.09. The second-order valence-electron chi connectivity index (χ2n) is 5.32. The van der Waals surface area contributed by atoms with E-state index in [0.29, 0.717) is 5.57 Å². The summed E-state index contributed by atoms with van der Waals surface area (Å²) >= 11 is 3.45. The van der Waals surface area contributed by atoms with E-state index in [2.05, 4.69) is 26.6 Å². The van der Waals surface area contributed by atoms with Crippen molar-refractivity contribution in [1.82, 2.24) is 4.57 Å². The van der Waals surface area contributed by atoms with Gasteiger partial charge in [-0.05, 0) is 55.0 Å². The van der Waals surface area contributed by atoms with Crippen LogP contribution in [0.15, 0.2) is 71.3 Å². The van der Waals surface area contributed by atoms with E-state index in [1.165, 1.54) is 5.56 Å². The fraction of sp³-hybridized carbons (Fsp3) is 0.0500. The lowest BCUT2D eigenvalue weighted by Crippen LogP contribution is -1.95. The molecule has 112 valence electrons. The van der Waals surface area contributed by atoms with Crippen LogP contribution in [0.3, 0.4) is 0 Å². The van der Waals surface area contributed by atoms with Crippen LogP contribution in [0.1, 0.15) is 16.8 Å². The van der Waals surface area contributed by atoms with Crippen molar-refractivity contribution in [3.63, 3.8) is 0 Å². The molecule has 1 aromatic heterocycles. The second kappa shape index (κ2) is 6.68. The molecular weight excluding hydrogens is 348 g/mol. The molecule has 2 nitrogen and oxygen atoms in total.